The number of carbonyl (C=O) groups is 3. The maximum Gasteiger partial charge on any atom is 0.478 e. The number of ketones is 1. The minimum Gasteiger partial charge on any atom is -0.469 e. The van der Waals surface area contributed by atoms with Gasteiger partial charge in [-0.05, 0) is 13.3 Å². The normalized spacial score (nSPS) is 25.7. The van der Waals surface area contributed by atoms with Crippen molar-refractivity contribution < 1.29 is 42.0 Å². The number of phosphoric ester groups is 1. The molecule has 1 rings (SSSR count). The number of ether oxygens (including phenoxy) is 2. The summed E-state index contributed by atoms with van der Waals surface area (Å²) in [6.45, 7) is 8.12. The van der Waals surface area contributed by atoms with Crippen LogP contribution in [0.4, 0.5) is 0 Å². The Labute approximate surface area is 159 Å². The summed E-state index contributed by atoms with van der Waals surface area (Å²) in [6, 6.07) is 0. The summed E-state index contributed by atoms with van der Waals surface area (Å²) in [5, 5.41) is 0. The summed E-state index contributed by atoms with van der Waals surface area (Å²) < 4.78 is 38.1. The van der Waals surface area contributed by atoms with Crippen LogP contribution in [-0.4, -0.2) is 43.8 Å². The zero-order valence-corrected chi connectivity index (χ0v) is 17.6. The molecule has 0 amide bonds. The second kappa shape index (κ2) is 9.78. The molecule has 10 heteroatoms. The lowest BCUT2D eigenvalue weighted by atomic mass is 9.84. The zero-order chi connectivity index (χ0) is 20.8. The maximum atomic E-state index is 12.7. The van der Waals surface area contributed by atoms with Gasteiger partial charge in [-0.15, -0.1) is 0 Å². The number of methoxy groups -OCH3 is 1. The van der Waals surface area contributed by atoms with Crippen LogP contribution in [0, 0.1) is 11.3 Å². The molecule has 0 aliphatic carbocycles. The van der Waals surface area contributed by atoms with E-state index < -0.39 is 37.6 Å². The number of rotatable bonds is 9. The minimum atomic E-state index is -4.09. The Kier molecular flexibility index (Phi) is 8.60. The molecule has 1 aliphatic rings. The molecule has 0 aromatic rings. The lowest BCUT2D eigenvalue weighted by molar-refractivity contribution is -0.171. The topological polar surface area (TPSA) is 114 Å². The predicted molar refractivity (Wildman–Crippen MR) is 94.6 cm³/mol. The zero-order valence-electron chi connectivity index (χ0n) is 16.7. The van der Waals surface area contributed by atoms with E-state index in [-0.39, 0.29) is 37.6 Å². The summed E-state index contributed by atoms with van der Waals surface area (Å²) in [6.07, 6.45) is -1.76. The fourth-order valence-electron chi connectivity index (χ4n) is 2.32. The van der Waals surface area contributed by atoms with E-state index in [0.29, 0.717) is 0 Å². The largest absolute Gasteiger partial charge is 0.478 e. The Bertz CT molecular complexity index is 599. The molecule has 1 aliphatic heterocycles. The summed E-state index contributed by atoms with van der Waals surface area (Å²) in [5.41, 5.74) is -0.739. The van der Waals surface area contributed by atoms with E-state index in [0.717, 1.165) is 0 Å². The summed E-state index contributed by atoms with van der Waals surface area (Å²) in [5.74, 6) is -1.64. The van der Waals surface area contributed by atoms with Crippen LogP contribution >= 0.6 is 7.82 Å². The molecule has 0 radical (unpaired) electrons. The van der Waals surface area contributed by atoms with Crippen molar-refractivity contribution in [1.82, 2.24) is 0 Å². The van der Waals surface area contributed by atoms with Crippen LogP contribution in [0.15, 0.2) is 0 Å². The number of phosphoric acid groups is 1. The van der Waals surface area contributed by atoms with Gasteiger partial charge >= 0.3 is 19.8 Å². The van der Waals surface area contributed by atoms with Gasteiger partial charge in [0.25, 0.3) is 0 Å². The molecule has 1 unspecified atom stereocenters. The van der Waals surface area contributed by atoms with Crippen LogP contribution in [0.25, 0.3) is 0 Å². The quantitative estimate of drug-likeness (QED) is 0.322. The van der Waals surface area contributed by atoms with Gasteiger partial charge in [0.15, 0.2) is 5.78 Å². The number of hydrogen-bond donors (Lipinski definition) is 0. The number of esters is 2. The van der Waals surface area contributed by atoms with Gasteiger partial charge in [0.05, 0.1) is 19.6 Å². The first-order chi connectivity index (χ1) is 12.4. The molecule has 27 heavy (non-hydrogen) atoms. The van der Waals surface area contributed by atoms with Crippen LogP contribution in [0.1, 0.15) is 53.9 Å². The van der Waals surface area contributed by atoms with Crippen LogP contribution in [0.3, 0.4) is 0 Å². The van der Waals surface area contributed by atoms with Gasteiger partial charge in [0, 0.05) is 18.3 Å². The van der Waals surface area contributed by atoms with E-state index in [2.05, 4.69) is 4.74 Å². The van der Waals surface area contributed by atoms with Crippen molar-refractivity contribution in [2.75, 3.05) is 13.7 Å². The molecule has 0 bridgehead atoms. The third kappa shape index (κ3) is 7.33. The highest BCUT2D eigenvalue weighted by molar-refractivity contribution is 7.48. The third-order valence-electron chi connectivity index (χ3n) is 3.89. The second-order valence-electron chi connectivity index (χ2n) is 7.36. The highest BCUT2D eigenvalue weighted by Gasteiger charge is 2.49. The van der Waals surface area contributed by atoms with E-state index in [4.69, 9.17) is 18.3 Å². The Morgan fingerprint density at radius 2 is 1.81 bits per heavy atom. The number of Topliss-reactive ketones (excluding diaryl/α,β-unsaturated/α-hetero) is 1. The van der Waals surface area contributed by atoms with Crippen molar-refractivity contribution >= 4 is 25.5 Å². The molecule has 0 spiro atoms. The van der Waals surface area contributed by atoms with Crippen molar-refractivity contribution in [3.8, 4) is 0 Å². The van der Waals surface area contributed by atoms with Crippen molar-refractivity contribution in [3.05, 3.63) is 0 Å². The Morgan fingerprint density at radius 3 is 2.37 bits per heavy atom. The van der Waals surface area contributed by atoms with E-state index in [1.165, 1.54) is 14.0 Å². The van der Waals surface area contributed by atoms with Crippen molar-refractivity contribution in [3.63, 3.8) is 0 Å². The number of carbonyl (C=O) groups excluding carboxylic acids is 3. The van der Waals surface area contributed by atoms with Crippen LogP contribution in [0.5, 0.6) is 0 Å². The minimum absolute atomic E-state index is 0.0392. The standard InChI is InChI=1S/C17H29O9P/c1-11(2)16(20)24-12(3)25-27(21)23-10-17(4,5)15(26-27)13(18)8-7-9-14(19)22-6/h11-12,15H,7-10H2,1-6H3/t12?,15-,27+/m0/s1. The molecular weight excluding hydrogens is 379 g/mol. The first-order valence-electron chi connectivity index (χ1n) is 8.81. The molecule has 9 nitrogen and oxygen atoms in total. The average molecular weight is 408 g/mol. The van der Waals surface area contributed by atoms with Crippen molar-refractivity contribution in [1.29, 1.82) is 0 Å². The van der Waals surface area contributed by atoms with E-state index in [1.54, 1.807) is 27.7 Å². The molecule has 0 aromatic carbocycles. The van der Waals surface area contributed by atoms with Gasteiger partial charge in [0.1, 0.15) is 6.10 Å². The van der Waals surface area contributed by atoms with Gasteiger partial charge in [-0.25, -0.2) is 9.09 Å². The van der Waals surface area contributed by atoms with Crippen molar-refractivity contribution in [2.24, 2.45) is 11.3 Å². The monoisotopic (exact) mass is 408 g/mol. The first-order valence-corrected chi connectivity index (χ1v) is 10.3. The SMILES string of the molecule is COC(=O)CCCC(=O)[C@@H]1O[P@@](=O)(OC(C)OC(=O)C(C)C)OCC1(C)C. The van der Waals surface area contributed by atoms with Crippen LogP contribution < -0.4 is 0 Å². The van der Waals surface area contributed by atoms with Gasteiger partial charge < -0.3 is 9.47 Å². The third-order valence-corrected chi connectivity index (χ3v) is 5.36. The van der Waals surface area contributed by atoms with Crippen molar-refractivity contribution in [2.45, 2.75) is 66.3 Å². The molecule has 1 saturated heterocycles. The van der Waals surface area contributed by atoms with Crippen LogP contribution in [-0.2, 0) is 42.0 Å². The maximum absolute atomic E-state index is 12.7. The molecule has 0 saturated carbocycles. The van der Waals surface area contributed by atoms with Gasteiger partial charge in [-0.3, -0.25) is 23.4 Å². The Balaban J connectivity index is 2.72. The number of hydrogen-bond acceptors (Lipinski definition) is 9. The smallest absolute Gasteiger partial charge is 0.469 e. The molecule has 1 heterocycles. The average Bonchev–Trinajstić information content (AvgIpc) is 2.56. The fourth-order valence-corrected chi connectivity index (χ4v) is 4.05. The van der Waals surface area contributed by atoms with Gasteiger partial charge in [0.2, 0.25) is 6.29 Å². The molecule has 156 valence electrons. The van der Waals surface area contributed by atoms with Gasteiger partial charge in [-0.1, -0.05) is 27.7 Å². The lowest BCUT2D eigenvalue weighted by Gasteiger charge is -2.40. The Morgan fingerprint density at radius 1 is 1.19 bits per heavy atom. The highest BCUT2D eigenvalue weighted by atomic mass is 31.2. The molecule has 1 fully saturated rings. The summed E-state index contributed by atoms with van der Waals surface area (Å²) in [4.78, 5) is 35.3. The molecular formula is C17H29O9P. The van der Waals surface area contributed by atoms with E-state index in [1.807, 2.05) is 0 Å². The molecule has 0 N–H and O–H groups in total. The predicted octanol–water partition coefficient (Wildman–Crippen LogP) is 3.01. The van der Waals surface area contributed by atoms with E-state index >= 15 is 0 Å². The Hall–Kier alpha value is -1.28. The highest BCUT2D eigenvalue weighted by Crippen LogP contribution is 2.58. The first kappa shape index (κ1) is 23.8. The second-order valence-corrected chi connectivity index (χ2v) is 8.93. The fraction of sp³-hybridized carbons (Fsp3) is 0.824. The van der Waals surface area contributed by atoms with Gasteiger partial charge in [-0.2, -0.15) is 0 Å². The lowest BCUT2D eigenvalue weighted by Crippen LogP contribution is -2.45. The summed E-state index contributed by atoms with van der Waals surface area (Å²) >= 11 is 0. The van der Waals surface area contributed by atoms with Crippen LogP contribution in [0.2, 0.25) is 0 Å². The molecule has 0 aromatic heterocycles. The van der Waals surface area contributed by atoms with E-state index in [9.17, 15) is 18.9 Å². The summed E-state index contributed by atoms with van der Waals surface area (Å²) in [7, 11) is -2.82. The molecule has 3 atom stereocenters.